The lowest BCUT2D eigenvalue weighted by Gasteiger charge is -2.26. The average molecular weight is 322 g/mol. The molecule has 3 aromatic rings. The summed E-state index contributed by atoms with van der Waals surface area (Å²) in [4.78, 5) is 27.3. The lowest BCUT2D eigenvalue weighted by Crippen LogP contribution is -2.53. The molecule has 1 atom stereocenters. The Balaban J connectivity index is 1.84. The standard InChI is InChI=1S/C19H18N2O3/c1-19(18(23)24,12-13-5-3-2-4-6-13)21-17(22)15-8-7-14-9-10-20-16(14)11-15/h2-11,20H,12H2,1H3,(H,21,22)(H,23,24). The van der Waals surface area contributed by atoms with Crippen molar-refractivity contribution in [2.24, 2.45) is 0 Å². The maximum Gasteiger partial charge on any atom is 0.329 e. The lowest BCUT2D eigenvalue weighted by molar-refractivity contribution is -0.143. The second kappa shape index (κ2) is 6.20. The molecule has 0 aliphatic rings. The van der Waals surface area contributed by atoms with Crippen molar-refractivity contribution < 1.29 is 14.7 Å². The van der Waals surface area contributed by atoms with Crippen LogP contribution in [0, 0.1) is 0 Å². The van der Waals surface area contributed by atoms with Gasteiger partial charge >= 0.3 is 5.97 Å². The molecule has 0 bridgehead atoms. The number of nitrogens with one attached hydrogen (secondary N) is 2. The Morgan fingerprint density at radius 2 is 1.88 bits per heavy atom. The molecule has 3 rings (SSSR count). The van der Waals surface area contributed by atoms with Gasteiger partial charge in [-0.1, -0.05) is 36.4 Å². The highest BCUT2D eigenvalue weighted by atomic mass is 16.4. The van der Waals surface area contributed by atoms with Gasteiger partial charge in [0.15, 0.2) is 0 Å². The first-order valence-electron chi connectivity index (χ1n) is 7.65. The minimum absolute atomic E-state index is 0.208. The van der Waals surface area contributed by atoms with E-state index < -0.39 is 17.4 Å². The van der Waals surface area contributed by atoms with Crippen LogP contribution in [-0.2, 0) is 11.2 Å². The van der Waals surface area contributed by atoms with Crippen LogP contribution in [-0.4, -0.2) is 27.5 Å². The summed E-state index contributed by atoms with van der Waals surface area (Å²) in [5.41, 5.74) is 0.721. The van der Waals surface area contributed by atoms with Gasteiger partial charge in [0.2, 0.25) is 0 Å². The molecule has 1 heterocycles. The van der Waals surface area contributed by atoms with Crippen molar-refractivity contribution in [3.63, 3.8) is 0 Å². The van der Waals surface area contributed by atoms with Gasteiger partial charge < -0.3 is 15.4 Å². The van der Waals surface area contributed by atoms with Gasteiger partial charge in [-0.2, -0.15) is 0 Å². The normalized spacial score (nSPS) is 13.4. The SMILES string of the molecule is CC(Cc1ccccc1)(NC(=O)c1ccc2cc[nH]c2c1)C(=O)O. The lowest BCUT2D eigenvalue weighted by atomic mass is 9.92. The molecule has 3 N–H and O–H groups in total. The van der Waals surface area contributed by atoms with Crippen LogP contribution >= 0.6 is 0 Å². The highest BCUT2D eigenvalue weighted by molar-refractivity contribution is 6.00. The number of carbonyl (C=O) groups excluding carboxylic acids is 1. The molecular weight excluding hydrogens is 304 g/mol. The molecule has 0 aliphatic carbocycles. The number of aromatic amines is 1. The number of fused-ring (bicyclic) bond motifs is 1. The number of aromatic nitrogens is 1. The number of carboxylic acids is 1. The first-order valence-corrected chi connectivity index (χ1v) is 7.65. The van der Waals surface area contributed by atoms with Gasteiger partial charge in [-0.25, -0.2) is 4.79 Å². The molecule has 122 valence electrons. The van der Waals surface area contributed by atoms with Gasteiger partial charge in [-0.3, -0.25) is 4.79 Å². The number of aliphatic carboxylic acids is 1. The fourth-order valence-electron chi connectivity index (χ4n) is 2.69. The van der Waals surface area contributed by atoms with Crippen LogP contribution in [0.15, 0.2) is 60.8 Å². The molecule has 0 saturated carbocycles. The van der Waals surface area contributed by atoms with Crippen molar-refractivity contribution in [1.82, 2.24) is 10.3 Å². The predicted molar refractivity (Wildman–Crippen MR) is 92.0 cm³/mol. The number of carboxylic acid groups (broad SMARTS) is 1. The zero-order chi connectivity index (χ0) is 17.2. The average Bonchev–Trinajstić information content (AvgIpc) is 3.03. The summed E-state index contributed by atoms with van der Waals surface area (Å²) in [6.45, 7) is 1.52. The van der Waals surface area contributed by atoms with Crippen LogP contribution in [0.5, 0.6) is 0 Å². The second-order valence-electron chi connectivity index (χ2n) is 6.03. The molecule has 1 unspecified atom stereocenters. The summed E-state index contributed by atoms with van der Waals surface area (Å²) < 4.78 is 0. The Hall–Kier alpha value is -3.08. The molecule has 1 aromatic heterocycles. The molecule has 0 aliphatic heterocycles. The van der Waals surface area contributed by atoms with Crippen LogP contribution < -0.4 is 5.32 Å². The molecule has 5 heteroatoms. The molecule has 24 heavy (non-hydrogen) atoms. The third kappa shape index (κ3) is 3.15. The molecule has 2 aromatic carbocycles. The summed E-state index contributed by atoms with van der Waals surface area (Å²) >= 11 is 0. The van der Waals surface area contributed by atoms with E-state index in [4.69, 9.17) is 0 Å². The number of benzene rings is 2. The topological polar surface area (TPSA) is 82.2 Å². The van der Waals surface area contributed by atoms with Gasteiger partial charge in [0, 0.05) is 23.7 Å². The van der Waals surface area contributed by atoms with Crippen molar-refractivity contribution >= 4 is 22.8 Å². The van der Waals surface area contributed by atoms with Gasteiger partial charge in [0.1, 0.15) is 5.54 Å². The highest BCUT2D eigenvalue weighted by Crippen LogP contribution is 2.17. The number of hydrogen-bond donors (Lipinski definition) is 3. The fourth-order valence-corrected chi connectivity index (χ4v) is 2.69. The maximum atomic E-state index is 12.5. The van der Waals surface area contributed by atoms with Gasteiger partial charge in [-0.05, 0) is 36.1 Å². The van der Waals surface area contributed by atoms with Crippen molar-refractivity contribution in [3.05, 3.63) is 71.9 Å². The van der Waals surface area contributed by atoms with Crippen LogP contribution in [0.25, 0.3) is 10.9 Å². The number of rotatable bonds is 5. The molecule has 0 fully saturated rings. The third-order valence-corrected chi connectivity index (χ3v) is 4.08. The fraction of sp³-hybridized carbons (Fsp3) is 0.158. The summed E-state index contributed by atoms with van der Waals surface area (Å²) in [6, 6.07) is 16.4. The van der Waals surface area contributed by atoms with E-state index in [1.54, 1.807) is 18.3 Å². The number of amides is 1. The van der Waals surface area contributed by atoms with Crippen molar-refractivity contribution in [1.29, 1.82) is 0 Å². The van der Waals surface area contributed by atoms with Gasteiger partial charge in [0.25, 0.3) is 5.91 Å². The zero-order valence-corrected chi connectivity index (χ0v) is 13.2. The summed E-state index contributed by atoms with van der Waals surface area (Å²) in [5.74, 6) is -1.48. The quantitative estimate of drug-likeness (QED) is 0.675. The van der Waals surface area contributed by atoms with Crippen molar-refractivity contribution in [3.8, 4) is 0 Å². The maximum absolute atomic E-state index is 12.5. The van der Waals surface area contributed by atoms with Crippen LogP contribution in [0.2, 0.25) is 0 Å². The van der Waals surface area contributed by atoms with E-state index in [1.807, 2.05) is 42.5 Å². The van der Waals surface area contributed by atoms with Gasteiger partial charge in [-0.15, -0.1) is 0 Å². The number of carbonyl (C=O) groups is 2. The largest absolute Gasteiger partial charge is 0.480 e. The molecule has 0 radical (unpaired) electrons. The van der Waals surface area contributed by atoms with E-state index >= 15 is 0 Å². The van der Waals surface area contributed by atoms with E-state index in [2.05, 4.69) is 10.3 Å². The van der Waals surface area contributed by atoms with Crippen molar-refractivity contribution in [2.45, 2.75) is 18.9 Å². The van der Waals surface area contributed by atoms with E-state index in [0.717, 1.165) is 16.5 Å². The minimum Gasteiger partial charge on any atom is -0.480 e. The van der Waals surface area contributed by atoms with E-state index in [1.165, 1.54) is 6.92 Å². The molecule has 1 amide bonds. The van der Waals surface area contributed by atoms with Crippen LogP contribution in [0.4, 0.5) is 0 Å². The summed E-state index contributed by atoms with van der Waals surface area (Å²) in [6.07, 6.45) is 2.00. The Morgan fingerprint density at radius 3 is 2.58 bits per heavy atom. The zero-order valence-electron chi connectivity index (χ0n) is 13.2. The van der Waals surface area contributed by atoms with Crippen molar-refractivity contribution in [2.75, 3.05) is 0 Å². The molecule has 0 spiro atoms. The highest BCUT2D eigenvalue weighted by Gasteiger charge is 2.35. The van der Waals surface area contributed by atoms with Crippen LogP contribution in [0.1, 0.15) is 22.8 Å². The van der Waals surface area contributed by atoms with Crippen LogP contribution in [0.3, 0.4) is 0 Å². The Kier molecular flexibility index (Phi) is 4.08. The van der Waals surface area contributed by atoms with Gasteiger partial charge in [0.05, 0.1) is 0 Å². The van der Waals surface area contributed by atoms with E-state index in [0.29, 0.717) is 5.56 Å². The smallest absolute Gasteiger partial charge is 0.329 e. The summed E-state index contributed by atoms with van der Waals surface area (Å²) in [5, 5.41) is 13.3. The minimum atomic E-state index is -1.39. The Bertz CT molecular complexity index is 886. The van der Waals surface area contributed by atoms with E-state index in [-0.39, 0.29) is 6.42 Å². The first-order chi connectivity index (χ1) is 11.5. The third-order valence-electron chi connectivity index (χ3n) is 4.08. The van der Waals surface area contributed by atoms with E-state index in [9.17, 15) is 14.7 Å². The molecule has 0 saturated heterocycles. The second-order valence-corrected chi connectivity index (χ2v) is 6.03. The molecule has 5 nitrogen and oxygen atoms in total. The predicted octanol–water partition coefficient (Wildman–Crippen LogP) is 2.98. The number of H-pyrrole nitrogens is 1. The molecular formula is C19H18N2O3. The Morgan fingerprint density at radius 1 is 1.12 bits per heavy atom. The monoisotopic (exact) mass is 322 g/mol. The first kappa shape index (κ1) is 15.8. The summed E-state index contributed by atoms with van der Waals surface area (Å²) in [7, 11) is 0. The Labute approximate surface area is 139 Å². The number of hydrogen-bond acceptors (Lipinski definition) is 2.